The van der Waals surface area contributed by atoms with Crippen LogP contribution in [0, 0.1) is 0 Å². The van der Waals surface area contributed by atoms with Gasteiger partial charge in [0, 0.05) is 11.6 Å². The monoisotopic (exact) mass is 297 g/mol. The molecular formula is C14H20BrNO. The molecule has 0 aromatic heterocycles. The number of methoxy groups -OCH3 is 1. The molecule has 1 aliphatic heterocycles. The molecule has 1 unspecified atom stereocenters. The summed E-state index contributed by atoms with van der Waals surface area (Å²) in [6.45, 7) is 5.55. The van der Waals surface area contributed by atoms with Crippen LogP contribution in [-0.4, -0.2) is 13.7 Å². The number of nitrogens with one attached hydrogen (secondary N) is 1. The van der Waals surface area contributed by atoms with E-state index in [0.717, 1.165) is 16.8 Å². The molecule has 1 heterocycles. The second kappa shape index (κ2) is 5.40. The van der Waals surface area contributed by atoms with Crippen LogP contribution in [0.15, 0.2) is 16.6 Å². The molecule has 1 saturated heterocycles. The molecule has 0 bridgehead atoms. The highest BCUT2D eigenvalue weighted by Crippen LogP contribution is 2.38. The lowest BCUT2D eigenvalue weighted by Gasteiger charge is -2.19. The number of hydrogen-bond acceptors (Lipinski definition) is 2. The third-order valence-corrected chi connectivity index (χ3v) is 3.99. The number of hydrogen-bond donors (Lipinski definition) is 1. The molecule has 1 N–H and O–H groups in total. The van der Waals surface area contributed by atoms with E-state index in [1.165, 1.54) is 24.0 Å². The normalized spacial score (nSPS) is 19.9. The van der Waals surface area contributed by atoms with E-state index in [2.05, 4.69) is 47.2 Å². The molecule has 0 amide bonds. The molecule has 0 saturated carbocycles. The molecule has 2 rings (SSSR count). The Morgan fingerprint density at radius 2 is 2.18 bits per heavy atom. The van der Waals surface area contributed by atoms with Crippen LogP contribution in [0.3, 0.4) is 0 Å². The lowest BCUT2D eigenvalue weighted by molar-refractivity contribution is 0.400. The van der Waals surface area contributed by atoms with Gasteiger partial charge in [0.1, 0.15) is 5.75 Å². The Balaban J connectivity index is 2.45. The molecule has 17 heavy (non-hydrogen) atoms. The average Bonchev–Trinajstić information content (AvgIpc) is 2.81. The minimum Gasteiger partial charge on any atom is -0.495 e. The van der Waals surface area contributed by atoms with E-state index in [-0.39, 0.29) is 0 Å². The van der Waals surface area contributed by atoms with Crippen LogP contribution in [0.2, 0.25) is 0 Å². The van der Waals surface area contributed by atoms with Crippen molar-refractivity contribution in [2.75, 3.05) is 13.7 Å². The van der Waals surface area contributed by atoms with Crippen LogP contribution in [-0.2, 0) is 0 Å². The summed E-state index contributed by atoms with van der Waals surface area (Å²) in [6, 6.07) is 4.90. The quantitative estimate of drug-likeness (QED) is 0.910. The average molecular weight is 298 g/mol. The van der Waals surface area contributed by atoms with Crippen molar-refractivity contribution in [1.82, 2.24) is 5.32 Å². The van der Waals surface area contributed by atoms with E-state index >= 15 is 0 Å². The van der Waals surface area contributed by atoms with Gasteiger partial charge in [-0.15, -0.1) is 0 Å². The SMILES string of the molecule is COc1c(Br)cc(C(C)C)cc1C1CCCN1. The van der Waals surface area contributed by atoms with Gasteiger partial charge in [-0.1, -0.05) is 19.9 Å². The van der Waals surface area contributed by atoms with Crippen molar-refractivity contribution in [3.8, 4) is 5.75 Å². The van der Waals surface area contributed by atoms with Crippen molar-refractivity contribution in [3.63, 3.8) is 0 Å². The molecule has 1 aromatic rings. The van der Waals surface area contributed by atoms with Crippen LogP contribution in [0.5, 0.6) is 5.75 Å². The van der Waals surface area contributed by atoms with Crippen molar-refractivity contribution in [3.05, 3.63) is 27.7 Å². The van der Waals surface area contributed by atoms with Crippen LogP contribution < -0.4 is 10.1 Å². The Bertz CT molecular complexity index is 397. The van der Waals surface area contributed by atoms with Gasteiger partial charge in [-0.2, -0.15) is 0 Å². The van der Waals surface area contributed by atoms with Crippen LogP contribution in [0.4, 0.5) is 0 Å². The van der Waals surface area contributed by atoms with E-state index in [1.807, 2.05) is 0 Å². The standard InChI is InChI=1S/C14H20BrNO/c1-9(2)10-7-11(13-5-4-6-16-13)14(17-3)12(15)8-10/h7-9,13,16H,4-6H2,1-3H3. The largest absolute Gasteiger partial charge is 0.495 e. The zero-order valence-electron chi connectivity index (χ0n) is 10.7. The van der Waals surface area contributed by atoms with Crippen LogP contribution in [0.1, 0.15) is 49.8 Å². The number of rotatable bonds is 3. The zero-order chi connectivity index (χ0) is 12.4. The summed E-state index contributed by atoms with van der Waals surface area (Å²) in [5, 5.41) is 3.54. The first-order chi connectivity index (χ1) is 8.13. The van der Waals surface area contributed by atoms with Crippen molar-refractivity contribution in [2.45, 2.75) is 38.6 Å². The Morgan fingerprint density at radius 1 is 1.41 bits per heavy atom. The number of halogens is 1. The Hall–Kier alpha value is -0.540. The van der Waals surface area contributed by atoms with Crippen molar-refractivity contribution in [1.29, 1.82) is 0 Å². The van der Waals surface area contributed by atoms with E-state index in [9.17, 15) is 0 Å². The molecule has 3 heteroatoms. The molecule has 0 radical (unpaired) electrons. The number of benzene rings is 1. The minimum absolute atomic E-state index is 0.444. The fourth-order valence-corrected chi connectivity index (χ4v) is 3.05. The second-order valence-electron chi connectivity index (χ2n) is 4.93. The molecule has 94 valence electrons. The first-order valence-corrected chi connectivity index (χ1v) is 7.03. The third kappa shape index (κ3) is 2.66. The van der Waals surface area contributed by atoms with E-state index < -0.39 is 0 Å². The summed E-state index contributed by atoms with van der Waals surface area (Å²) in [6.07, 6.45) is 2.45. The Labute approximate surface area is 112 Å². The van der Waals surface area contributed by atoms with Crippen molar-refractivity contribution in [2.24, 2.45) is 0 Å². The Kier molecular flexibility index (Phi) is 4.10. The fourth-order valence-electron chi connectivity index (χ4n) is 2.39. The molecule has 1 aromatic carbocycles. The molecular weight excluding hydrogens is 278 g/mol. The summed E-state index contributed by atoms with van der Waals surface area (Å²) in [5.41, 5.74) is 2.66. The predicted octanol–water partition coefficient (Wildman–Crippen LogP) is 4.01. The van der Waals surface area contributed by atoms with Crippen molar-refractivity contribution >= 4 is 15.9 Å². The molecule has 1 atom stereocenters. The van der Waals surface area contributed by atoms with Gasteiger partial charge in [0.25, 0.3) is 0 Å². The van der Waals surface area contributed by atoms with Gasteiger partial charge in [0.05, 0.1) is 11.6 Å². The molecule has 1 aliphatic rings. The highest BCUT2D eigenvalue weighted by atomic mass is 79.9. The molecule has 0 aliphatic carbocycles. The second-order valence-corrected chi connectivity index (χ2v) is 5.78. The van der Waals surface area contributed by atoms with E-state index in [0.29, 0.717) is 12.0 Å². The maximum Gasteiger partial charge on any atom is 0.137 e. The van der Waals surface area contributed by atoms with Gasteiger partial charge in [-0.3, -0.25) is 0 Å². The highest BCUT2D eigenvalue weighted by molar-refractivity contribution is 9.10. The molecule has 0 spiro atoms. The van der Waals surface area contributed by atoms with E-state index in [1.54, 1.807) is 7.11 Å². The van der Waals surface area contributed by atoms with Crippen LogP contribution in [0.25, 0.3) is 0 Å². The molecule has 1 fully saturated rings. The first-order valence-electron chi connectivity index (χ1n) is 6.24. The first kappa shape index (κ1) is 12.9. The Morgan fingerprint density at radius 3 is 2.71 bits per heavy atom. The maximum absolute atomic E-state index is 5.54. The fraction of sp³-hybridized carbons (Fsp3) is 0.571. The van der Waals surface area contributed by atoms with Crippen LogP contribution >= 0.6 is 15.9 Å². The van der Waals surface area contributed by atoms with Gasteiger partial charge in [-0.25, -0.2) is 0 Å². The smallest absolute Gasteiger partial charge is 0.137 e. The van der Waals surface area contributed by atoms with Gasteiger partial charge in [-0.05, 0) is 52.9 Å². The summed E-state index contributed by atoms with van der Waals surface area (Å²) >= 11 is 3.62. The summed E-state index contributed by atoms with van der Waals surface area (Å²) in [5.74, 6) is 1.52. The van der Waals surface area contributed by atoms with E-state index in [4.69, 9.17) is 4.74 Å². The van der Waals surface area contributed by atoms with Gasteiger partial charge < -0.3 is 10.1 Å². The van der Waals surface area contributed by atoms with Gasteiger partial charge >= 0.3 is 0 Å². The molecule has 2 nitrogen and oxygen atoms in total. The highest BCUT2D eigenvalue weighted by Gasteiger charge is 2.22. The summed E-state index contributed by atoms with van der Waals surface area (Å²) < 4.78 is 6.60. The minimum atomic E-state index is 0.444. The predicted molar refractivity (Wildman–Crippen MR) is 74.8 cm³/mol. The van der Waals surface area contributed by atoms with Crippen molar-refractivity contribution < 1.29 is 4.74 Å². The lowest BCUT2D eigenvalue weighted by Crippen LogP contribution is -2.14. The van der Waals surface area contributed by atoms with Gasteiger partial charge in [0.2, 0.25) is 0 Å². The zero-order valence-corrected chi connectivity index (χ0v) is 12.3. The third-order valence-electron chi connectivity index (χ3n) is 3.40. The topological polar surface area (TPSA) is 21.3 Å². The van der Waals surface area contributed by atoms with Gasteiger partial charge in [0.15, 0.2) is 0 Å². The lowest BCUT2D eigenvalue weighted by atomic mass is 9.96. The summed E-state index contributed by atoms with van der Waals surface area (Å²) in [7, 11) is 1.74. The maximum atomic E-state index is 5.54. The number of ether oxygens (including phenoxy) is 1. The summed E-state index contributed by atoms with van der Waals surface area (Å²) in [4.78, 5) is 0.